The number of aryl methyl sites for hydroxylation is 1. The second kappa shape index (κ2) is 7.25. The normalized spacial score (nSPS) is 10.6. The third-order valence-corrected chi connectivity index (χ3v) is 2.29. The van der Waals surface area contributed by atoms with Crippen molar-refractivity contribution >= 4 is 0 Å². The molecular formula is C13H21NO2. The molecule has 1 aromatic heterocycles. The molecule has 0 unspecified atom stereocenters. The summed E-state index contributed by atoms with van der Waals surface area (Å²) in [5, 5.41) is 3.36. The fraction of sp³-hybridized carbons (Fsp3) is 0.538. The molecule has 90 valence electrons. The fourth-order valence-corrected chi connectivity index (χ4v) is 1.48. The lowest BCUT2D eigenvalue weighted by molar-refractivity contribution is 0.131. The lowest BCUT2D eigenvalue weighted by atomic mass is 10.2. The van der Waals surface area contributed by atoms with Gasteiger partial charge >= 0.3 is 0 Å². The van der Waals surface area contributed by atoms with Crippen molar-refractivity contribution in [3.8, 4) is 0 Å². The Balaban J connectivity index is 2.42. The molecule has 0 radical (unpaired) electrons. The highest BCUT2D eigenvalue weighted by Crippen LogP contribution is 2.15. The Bertz CT molecular complexity index is 318. The Morgan fingerprint density at radius 2 is 2.38 bits per heavy atom. The number of ether oxygens (including phenoxy) is 1. The summed E-state index contributed by atoms with van der Waals surface area (Å²) in [5.74, 6) is 1.86. The van der Waals surface area contributed by atoms with E-state index in [1.165, 1.54) is 5.56 Å². The molecule has 0 amide bonds. The number of hydrogen-bond donors (Lipinski definition) is 1. The molecule has 0 bridgehead atoms. The Morgan fingerprint density at radius 1 is 1.56 bits per heavy atom. The van der Waals surface area contributed by atoms with Crippen molar-refractivity contribution in [1.82, 2.24) is 5.32 Å². The van der Waals surface area contributed by atoms with Crippen LogP contribution in [0.1, 0.15) is 30.4 Å². The zero-order chi connectivity index (χ0) is 11.8. The summed E-state index contributed by atoms with van der Waals surface area (Å²) in [6.45, 7) is 10.7. The van der Waals surface area contributed by atoms with Crippen LogP contribution in [-0.4, -0.2) is 13.2 Å². The van der Waals surface area contributed by atoms with Gasteiger partial charge in [-0.1, -0.05) is 13.0 Å². The van der Waals surface area contributed by atoms with E-state index >= 15 is 0 Å². The smallest absolute Gasteiger partial charge is 0.130 e. The van der Waals surface area contributed by atoms with Crippen molar-refractivity contribution < 1.29 is 9.15 Å². The number of nitrogens with one attached hydrogen (secondary N) is 1. The predicted molar refractivity (Wildman–Crippen MR) is 65.3 cm³/mol. The molecule has 0 saturated heterocycles. The highest BCUT2D eigenvalue weighted by Gasteiger charge is 2.06. The quantitative estimate of drug-likeness (QED) is 0.543. The molecule has 1 heterocycles. The van der Waals surface area contributed by atoms with Gasteiger partial charge < -0.3 is 14.5 Å². The van der Waals surface area contributed by atoms with Gasteiger partial charge in [0.25, 0.3) is 0 Å². The van der Waals surface area contributed by atoms with Gasteiger partial charge in [0.05, 0.1) is 6.61 Å². The Morgan fingerprint density at radius 3 is 3.06 bits per heavy atom. The summed E-state index contributed by atoms with van der Waals surface area (Å²) in [4.78, 5) is 0. The van der Waals surface area contributed by atoms with Crippen LogP contribution in [0.4, 0.5) is 0 Å². The van der Waals surface area contributed by atoms with Crippen molar-refractivity contribution in [3.63, 3.8) is 0 Å². The molecule has 3 heteroatoms. The highest BCUT2D eigenvalue weighted by atomic mass is 16.5. The maximum Gasteiger partial charge on any atom is 0.130 e. The van der Waals surface area contributed by atoms with Crippen LogP contribution in [0.5, 0.6) is 0 Å². The van der Waals surface area contributed by atoms with Crippen LogP contribution in [0, 0.1) is 6.92 Å². The lowest BCUT2D eigenvalue weighted by Crippen LogP contribution is -2.13. The molecule has 0 atom stereocenters. The van der Waals surface area contributed by atoms with Gasteiger partial charge in [0.2, 0.25) is 0 Å². The molecule has 0 spiro atoms. The molecule has 3 nitrogen and oxygen atoms in total. The molecule has 1 aromatic rings. The van der Waals surface area contributed by atoms with Gasteiger partial charge in [-0.25, -0.2) is 0 Å². The second-order valence-corrected chi connectivity index (χ2v) is 3.77. The minimum atomic E-state index is 0.515. The average molecular weight is 223 g/mol. The van der Waals surface area contributed by atoms with E-state index in [9.17, 15) is 0 Å². The number of rotatable bonds is 8. The molecule has 0 saturated carbocycles. The maximum atomic E-state index is 5.59. The summed E-state index contributed by atoms with van der Waals surface area (Å²) >= 11 is 0. The Hall–Kier alpha value is -1.06. The fourth-order valence-electron chi connectivity index (χ4n) is 1.48. The minimum Gasteiger partial charge on any atom is -0.464 e. The van der Waals surface area contributed by atoms with Crippen LogP contribution >= 0.6 is 0 Å². The van der Waals surface area contributed by atoms with Crippen LogP contribution in [0.2, 0.25) is 0 Å². The van der Waals surface area contributed by atoms with Gasteiger partial charge in [-0.2, -0.15) is 0 Å². The van der Waals surface area contributed by atoms with Gasteiger partial charge in [-0.3, -0.25) is 0 Å². The second-order valence-electron chi connectivity index (χ2n) is 3.77. The van der Waals surface area contributed by atoms with Gasteiger partial charge in [-0.15, -0.1) is 6.58 Å². The lowest BCUT2D eigenvalue weighted by Gasteiger charge is -1.99. The van der Waals surface area contributed by atoms with E-state index in [-0.39, 0.29) is 0 Å². The van der Waals surface area contributed by atoms with Gasteiger partial charge in [-0.05, 0) is 26.0 Å². The third kappa shape index (κ3) is 4.21. The molecule has 1 rings (SSSR count). The first-order valence-electron chi connectivity index (χ1n) is 5.75. The van der Waals surface area contributed by atoms with E-state index in [4.69, 9.17) is 9.15 Å². The van der Waals surface area contributed by atoms with Crippen molar-refractivity contribution in [1.29, 1.82) is 0 Å². The highest BCUT2D eigenvalue weighted by molar-refractivity contribution is 5.20. The summed E-state index contributed by atoms with van der Waals surface area (Å²) in [6.07, 6.45) is 2.88. The third-order valence-electron chi connectivity index (χ3n) is 2.29. The first-order valence-corrected chi connectivity index (χ1v) is 5.75. The monoisotopic (exact) mass is 223 g/mol. The molecule has 16 heavy (non-hydrogen) atoms. The Kier molecular flexibility index (Phi) is 5.90. The number of furan rings is 1. The predicted octanol–water partition coefficient (Wildman–Crippen LogP) is 2.79. The van der Waals surface area contributed by atoms with E-state index in [2.05, 4.69) is 24.9 Å². The summed E-state index contributed by atoms with van der Waals surface area (Å²) in [6, 6.07) is 2.06. The van der Waals surface area contributed by atoms with Crippen molar-refractivity contribution in [3.05, 3.63) is 35.8 Å². The van der Waals surface area contributed by atoms with Crippen LogP contribution in [0.15, 0.2) is 23.1 Å². The van der Waals surface area contributed by atoms with Crippen LogP contribution in [-0.2, 0) is 17.9 Å². The molecule has 0 aliphatic rings. The zero-order valence-electron chi connectivity index (χ0n) is 10.2. The first-order chi connectivity index (χ1) is 7.77. The molecule has 0 aliphatic carbocycles. The van der Waals surface area contributed by atoms with Gasteiger partial charge in [0.15, 0.2) is 0 Å². The molecule has 0 aromatic carbocycles. The van der Waals surface area contributed by atoms with E-state index in [1.54, 1.807) is 6.08 Å². The van der Waals surface area contributed by atoms with Crippen molar-refractivity contribution in [2.24, 2.45) is 0 Å². The zero-order valence-corrected chi connectivity index (χ0v) is 10.2. The van der Waals surface area contributed by atoms with E-state index in [0.29, 0.717) is 13.2 Å². The molecule has 0 fully saturated rings. The summed E-state index contributed by atoms with van der Waals surface area (Å²) in [5.41, 5.74) is 1.21. The van der Waals surface area contributed by atoms with Crippen molar-refractivity contribution in [2.45, 2.75) is 33.4 Å². The minimum absolute atomic E-state index is 0.515. The van der Waals surface area contributed by atoms with Crippen LogP contribution < -0.4 is 5.32 Å². The maximum absolute atomic E-state index is 5.59. The summed E-state index contributed by atoms with van der Waals surface area (Å²) in [7, 11) is 0. The van der Waals surface area contributed by atoms with E-state index in [0.717, 1.165) is 31.0 Å². The first kappa shape index (κ1) is 13.0. The van der Waals surface area contributed by atoms with E-state index in [1.807, 2.05) is 6.92 Å². The summed E-state index contributed by atoms with van der Waals surface area (Å²) < 4.78 is 10.9. The van der Waals surface area contributed by atoms with Gasteiger partial charge in [0, 0.05) is 12.1 Å². The average Bonchev–Trinajstić information content (AvgIpc) is 2.61. The van der Waals surface area contributed by atoms with E-state index < -0.39 is 0 Å². The SMILES string of the molecule is C=CCOCc1cc(CNCCC)c(C)o1. The molecular weight excluding hydrogens is 202 g/mol. The van der Waals surface area contributed by atoms with Crippen molar-refractivity contribution in [2.75, 3.05) is 13.2 Å². The van der Waals surface area contributed by atoms with Gasteiger partial charge in [0.1, 0.15) is 18.1 Å². The largest absolute Gasteiger partial charge is 0.464 e. The standard InChI is InChI=1S/C13H21NO2/c1-4-6-14-9-12-8-13(16-11(12)3)10-15-7-5-2/h5,8,14H,2,4,6-7,9-10H2,1,3H3. The molecule has 0 aliphatic heterocycles. The number of hydrogen-bond acceptors (Lipinski definition) is 3. The topological polar surface area (TPSA) is 34.4 Å². The molecule has 1 N–H and O–H groups in total. The van der Waals surface area contributed by atoms with Crippen LogP contribution in [0.25, 0.3) is 0 Å². The van der Waals surface area contributed by atoms with Crippen LogP contribution in [0.3, 0.4) is 0 Å². The Labute approximate surface area is 97.5 Å².